The van der Waals surface area contributed by atoms with Crippen LogP contribution in [0.25, 0.3) is 0 Å². The van der Waals surface area contributed by atoms with Gasteiger partial charge in [-0.2, -0.15) is 0 Å². The maximum atomic E-state index is 5.98. The summed E-state index contributed by atoms with van der Waals surface area (Å²) in [5.41, 5.74) is 6.53. The molecule has 4 heteroatoms. The summed E-state index contributed by atoms with van der Waals surface area (Å²) in [6, 6.07) is 4.23. The van der Waals surface area contributed by atoms with Crippen molar-refractivity contribution in [1.82, 2.24) is 4.98 Å². The Morgan fingerprint density at radius 2 is 2.29 bits per heavy atom. The third kappa shape index (κ3) is 3.03. The molecule has 0 saturated carbocycles. The maximum absolute atomic E-state index is 5.98. The number of piperidine rings is 1. The number of pyridine rings is 1. The minimum absolute atomic E-state index is 0.487. The Morgan fingerprint density at radius 1 is 1.47 bits per heavy atom. The van der Waals surface area contributed by atoms with Crippen LogP contribution in [-0.2, 0) is 0 Å². The molecule has 0 aliphatic carbocycles. The molecule has 0 bridgehead atoms. The van der Waals surface area contributed by atoms with Crippen LogP contribution < -0.4 is 10.6 Å². The third-order valence-corrected chi connectivity index (χ3v) is 3.54. The molecule has 1 saturated heterocycles. The molecule has 2 heterocycles. The molecule has 1 aliphatic rings. The van der Waals surface area contributed by atoms with E-state index >= 15 is 0 Å². The van der Waals surface area contributed by atoms with E-state index in [2.05, 4.69) is 16.8 Å². The molecule has 1 atom stereocenters. The lowest BCUT2D eigenvalue weighted by atomic mass is 9.98. The first-order chi connectivity index (χ1) is 8.20. The zero-order valence-electron chi connectivity index (χ0n) is 10.3. The summed E-state index contributed by atoms with van der Waals surface area (Å²) in [5.74, 6) is 0.938. The number of hydrogen-bond acceptors (Lipinski definition) is 3. The molecule has 1 aromatic rings. The monoisotopic (exact) mass is 253 g/mol. The first kappa shape index (κ1) is 12.5. The first-order valence-electron chi connectivity index (χ1n) is 6.40. The predicted octanol–water partition coefficient (Wildman–Crippen LogP) is 3.48. The van der Waals surface area contributed by atoms with E-state index in [1.807, 2.05) is 6.07 Å². The van der Waals surface area contributed by atoms with Crippen LogP contribution in [0.4, 0.5) is 11.5 Å². The fraction of sp³-hybridized carbons (Fsp3) is 0.615. The topological polar surface area (TPSA) is 42.1 Å². The lowest BCUT2D eigenvalue weighted by Crippen LogP contribution is -2.40. The van der Waals surface area contributed by atoms with E-state index in [1.165, 1.54) is 32.1 Å². The average molecular weight is 254 g/mol. The van der Waals surface area contributed by atoms with Gasteiger partial charge in [0.05, 0.1) is 0 Å². The fourth-order valence-electron chi connectivity index (χ4n) is 2.58. The number of aromatic nitrogens is 1. The molecule has 1 aliphatic heterocycles. The van der Waals surface area contributed by atoms with Crippen LogP contribution in [-0.4, -0.2) is 17.6 Å². The molecule has 0 spiro atoms. The van der Waals surface area contributed by atoms with Crippen molar-refractivity contribution in [3.63, 3.8) is 0 Å². The van der Waals surface area contributed by atoms with Gasteiger partial charge in [-0.1, -0.05) is 24.9 Å². The van der Waals surface area contributed by atoms with Crippen molar-refractivity contribution in [2.45, 2.75) is 45.1 Å². The molecular weight excluding hydrogens is 234 g/mol. The number of nitrogens with zero attached hydrogens (tertiary/aromatic N) is 2. The third-order valence-electron chi connectivity index (χ3n) is 3.35. The number of nitrogens with two attached hydrogens (primary N) is 1. The smallest absolute Gasteiger partial charge is 0.133 e. The molecular formula is C13H20ClN3. The summed E-state index contributed by atoms with van der Waals surface area (Å²) in [4.78, 5) is 6.77. The predicted molar refractivity (Wildman–Crippen MR) is 73.6 cm³/mol. The van der Waals surface area contributed by atoms with Crippen molar-refractivity contribution in [2.75, 3.05) is 17.2 Å². The molecule has 17 heavy (non-hydrogen) atoms. The summed E-state index contributed by atoms with van der Waals surface area (Å²) in [6.07, 6.45) is 6.22. The van der Waals surface area contributed by atoms with Crippen LogP contribution in [0.1, 0.15) is 39.0 Å². The Balaban J connectivity index is 2.22. The highest BCUT2D eigenvalue weighted by atomic mass is 35.5. The molecule has 2 rings (SSSR count). The van der Waals surface area contributed by atoms with E-state index < -0.39 is 0 Å². The molecule has 1 unspecified atom stereocenters. The summed E-state index contributed by atoms with van der Waals surface area (Å²) >= 11 is 5.98. The summed E-state index contributed by atoms with van der Waals surface area (Å²) in [7, 11) is 0. The van der Waals surface area contributed by atoms with Crippen LogP contribution in [0, 0.1) is 0 Å². The highest BCUT2D eigenvalue weighted by Gasteiger charge is 2.23. The quantitative estimate of drug-likeness (QED) is 0.839. The average Bonchev–Trinajstić information content (AvgIpc) is 2.29. The van der Waals surface area contributed by atoms with Crippen molar-refractivity contribution in [3.05, 3.63) is 17.3 Å². The number of halogens is 1. The van der Waals surface area contributed by atoms with Gasteiger partial charge in [-0.05, 0) is 31.7 Å². The van der Waals surface area contributed by atoms with Crippen LogP contribution in [0.15, 0.2) is 12.1 Å². The van der Waals surface area contributed by atoms with Gasteiger partial charge >= 0.3 is 0 Å². The normalized spacial score (nSPS) is 20.6. The van der Waals surface area contributed by atoms with Crippen LogP contribution in [0.3, 0.4) is 0 Å². The van der Waals surface area contributed by atoms with E-state index in [-0.39, 0.29) is 0 Å². The summed E-state index contributed by atoms with van der Waals surface area (Å²) < 4.78 is 0. The van der Waals surface area contributed by atoms with Crippen molar-refractivity contribution in [2.24, 2.45) is 0 Å². The minimum Gasteiger partial charge on any atom is -0.399 e. The second kappa shape index (κ2) is 5.58. The molecule has 0 amide bonds. The molecule has 3 nitrogen and oxygen atoms in total. The summed E-state index contributed by atoms with van der Waals surface area (Å²) in [6.45, 7) is 3.30. The fourth-order valence-corrected chi connectivity index (χ4v) is 2.80. The Morgan fingerprint density at radius 3 is 3.00 bits per heavy atom. The van der Waals surface area contributed by atoms with Crippen molar-refractivity contribution >= 4 is 23.1 Å². The lowest BCUT2D eigenvalue weighted by Gasteiger charge is -2.36. The Labute approximate surface area is 108 Å². The highest BCUT2D eigenvalue weighted by Crippen LogP contribution is 2.28. The molecule has 1 fully saturated rings. The SMILES string of the molecule is CCCC1CCCCN1c1cc(N)cc(Cl)n1. The van der Waals surface area contributed by atoms with E-state index in [0.29, 0.717) is 16.9 Å². The first-order valence-corrected chi connectivity index (χ1v) is 6.78. The van der Waals surface area contributed by atoms with Gasteiger partial charge in [-0.15, -0.1) is 0 Å². The van der Waals surface area contributed by atoms with Crippen molar-refractivity contribution in [3.8, 4) is 0 Å². The Kier molecular flexibility index (Phi) is 4.11. The summed E-state index contributed by atoms with van der Waals surface area (Å²) in [5, 5.41) is 0.487. The van der Waals surface area contributed by atoms with Gasteiger partial charge in [0.1, 0.15) is 11.0 Å². The number of anilines is 2. The minimum atomic E-state index is 0.487. The van der Waals surface area contributed by atoms with Crippen molar-refractivity contribution in [1.29, 1.82) is 0 Å². The van der Waals surface area contributed by atoms with Crippen molar-refractivity contribution < 1.29 is 0 Å². The van der Waals surface area contributed by atoms with Crippen LogP contribution in [0.5, 0.6) is 0 Å². The van der Waals surface area contributed by atoms with Gasteiger partial charge in [0.2, 0.25) is 0 Å². The molecule has 94 valence electrons. The number of nitrogen functional groups attached to an aromatic ring is 1. The highest BCUT2D eigenvalue weighted by molar-refractivity contribution is 6.29. The van der Waals surface area contributed by atoms with E-state index in [1.54, 1.807) is 6.07 Å². The van der Waals surface area contributed by atoms with E-state index in [4.69, 9.17) is 17.3 Å². The Bertz CT molecular complexity index is 359. The standard InChI is InChI=1S/C13H20ClN3/c1-2-5-11-6-3-4-7-17(11)13-9-10(15)8-12(14)16-13/h8-9,11H,2-7H2,1H3,(H2,15,16). The Hall–Kier alpha value is -0.960. The van der Waals surface area contributed by atoms with Gasteiger partial charge in [0.25, 0.3) is 0 Å². The van der Waals surface area contributed by atoms with Crippen LogP contribution >= 0.6 is 11.6 Å². The molecule has 1 aromatic heterocycles. The zero-order valence-corrected chi connectivity index (χ0v) is 11.1. The largest absolute Gasteiger partial charge is 0.399 e. The number of rotatable bonds is 3. The second-order valence-electron chi connectivity index (χ2n) is 4.71. The number of hydrogen-bond donors (Lipinski definition) is 1. The molecule has 0 aromatic carbocycles. The van der Waals surface area contributed by atoms with Gasteiger partial charge in [0, 0.05) is 24.3 Å². The van der Waals surface area contributed by atoms with Gasteiger partial charge in [0.15, 0.2) is 0 Å². The maximum Gasteiger partial charge on any atom is 0.133 e. The zero-order chi connectivity index (χ0) is 12.3. The second-order valence-corrected chi connectivity index (χ2v) is 5.10. The molecule has 0 radical (unpaired) electrons. The van der Waals surface area contributed by atoms with Gasteiger partial charge in [-0.25, -0.2) is 4.98 Å². The lowest BCUT2D eigenvalue weighted by molar-refractivity contribution is 0.432. The molecule has 2 N–H and O–H groups in total. The van der Waals surface area contributed by atoms with Crippen LogP contribution in [0.2, 0.25) is 5.15 Å². The van der Waals surface area contributed by atoms with Gasteiger partial charge in [-0.3, -0.25) is 0 Å². The van der Waals surface area contributed by atoms with E-state index in [9.17, 15) is 0 Å². The van der Waals surface area contributed by atoms with Gasteiger partial charge < -0.3 is 10.6 Å². The van der Waals surface area contributed by atoms with E-state index in [0.717, 1.165) is 12.4 Å².